The molecule has 4 rings (SSSR count). The molecule has 0 spiro atoms. The first-order valence-electron chi connectivity index (χ1n) is 9.36. The predicted molar refractivity (Wildman–Crippen MR) is 112 cm³/mol. The summed E-state index contributed by atoms with van der Waals surface area (Å²) in [6, 6.07) is 14.6. The summed E-state index contributed by atoms with van der Waals surface area (Å²) in [5.41, 5.74) is 0.574. The minimum Gasteiger partial charge on any atom is -0.459 e. The molecule has 0 bridgehead atoms. The van der Waals surface area contributed by atoms with Crippen molar-refractivity contribution in [2.75, 3.05) is 13.2 Å². The van der Waals surface area contributed by atoms with Crippen molar-refractivity contribution in [3.05, 3.63) is 92.4 Å². The van der Waals surface area contributed by atoms with E-state index in [0.29, 0.717) is 27.5 Å². The average molecular weight is 438 g/mol. The van der Waals surface area contributed by atoms with Crippen LogP contribution < -0.4 is 5.43 Å². The fourth-order valence-electron chi connectivity index (χ4n) is 3.30. The van der Waals surface area contributed by atoms with Gasteiger partial charge in [-0.15, -0.1) is 0 Å². The van der Waals surface area contributed by atoms with Crippen LogP contribution in [0.1, 0.15) is 36.9 Å². The van der Waals surface area contributed by atoms with Gasteiger partial charge in [-0.3, -0.25) is 19.3 Å². The van der Waals surface area contributed by atoms with Gasteiger partial charge >= 0.3 is 5.97 Å². The number of esters is 1. The number of benzene rings is 2. The van der Waals surface area contributed by atoms with Crippen molar-refractivity contribution in [2.24, 2.45) is 0 Å². The summed E-state index contributed by atoms with van der Waals surface area (Å²) >= 11 is 6.20. The predicted octanol–water partition coefficient (Wildman–Crippen LogP) is 2.65. The van der Waals surface area contributed by atoms with Gasteiger partial charge < -0.3 is 4.74 Å². The van der Waals surface area contributed by atoms with Gasteiger partial charge in [0, 0.05) is 11.8 Å². The van der Waals surface area contributed by atoms with E-state index in [-0.39, 0.29) is 13.2 Å². The molecule has 0 N–H and O–H groups in total. The summed E-state index contributed by atoms with van der Waals surface area (Å²) < 4.78 is 6.51. The van der Waals surface area contributed by atoms with E-state index >= 15 is 0 Å². The summed E-state index contributed by atoms with van der Waals surface area (Å²) in [7, 11) is 0. The molecule has 1 aliphatic heterocycles. The Morgan fingerprint density at radius 1 is 1.00 bits per heavy atom. The van der Waals surface area contributed by atoms with Crippen molar-refractivity contribution in [3.63, 3.8) is 0 Å². The number of para-hydroxylation sites is 1. The van der Waals surface area contributed by atoms with E-state index in [4.69, 9.17) is 16.3 Å². The van der Waals surface area contributed by atoms with Crippen molar-refractivity contribution in [1.82, 2.24) is 14.7 Å². The summed E-state index contributed by atoms with van der Waals surface area (Å²) in [6.45, 7) is 1.25. The second-order valence-electron chi connectivity index (χ2n) is 6.81. The maximum absolute atomic E-state index is 12.5. The van der Waals surface area contributed by atoms with Crippen LogP contribution in [0.5, 0.6) is 0 Å². The molecule has 0 radical (unpaired) electrons. The molecular weight excluding hydrogens is 422 g/mol. The number of aryl methyl sites for hydroxylation is 1. The number of imide groups is 1. The number of aromatic nitrogens is 2. The van der Waals surface area contributed by atoms with Gasteiger partial charge in [0.1, 0.15) is 6.61 Å². The minimum atomic E-state index is -0.956. The molecule has 3 aromatic rings. The molecule has 9 heteroatoms. The molecule has 0 saturated heterocycles. The van der Waals surface area contributed by atoms with E-state index in [1.807, 2.05) is 0 Å². The van der Waals surface area contributed by atoms with E-state index in [9.17, 15) is 19.2 Å². The maximum Gasteiger partial charge on any atom is 0.362 e. The van der Waals surface area contributed by atoms with Crippen molar-refractivity contribution in [2.45, 2.75) is 6.92 Å². The summed E-state index contributed by atoms with van der Waals surface area (Å²) in [5.74, 6) is -1.86. The van der Waals surface area contributed by atoms with Crippen LogP contribution in [0.3, 0.4) is 0 Å². The topological polar surface area (TPSA) is 98.6 Å². The van der Waals surface area contributed by atoms with Crippen LogP contribution in [0.15, 0.2) is 59.4 Å². The monoisotopic (exact) mass is 437 g/mol. The molecule has 0 atom stereocenters. The first-order chi connectivity index (χ1) is 14.9. The van der Waals surface area contributed by atoms with Crippen LogP contribution in [0.4, 0.5) is 0 Å². The number of halogens is 1. The second-order valence-corrected chi connectivity index (χ2v) is 7.21. The number of rotatable bonds is 5. The third-order valence-electron chi connectivity index (χ3n) is 4.81. The average Bonchev–Trinajstić information content (AvgIpc) is 2.99. The summed E-state index contributed by atoms with van der Waals surface area (Å²) in [4.78, 5) is 50.5. The van der Waals surface area contributed by atoms with Gasteiger partial charge in [-0.05, 0) is 31.2 Å². The highest BCUT2D eigenvalue weighted by Gasteiger charge is 2.35. The molecule has 156 valence electrons. The smallest absolute Gasteiger partial charge is 0.362 e. The number of hydrogen-bond donors (Lipinski definition) is 0. The Balaban J connectivity index is 1.49. The standard InChI is InChI=1S/C22H16ClN3O5/c1-13-12-18(27)19(24-26(13)17-9-5-4-8-16(17)23)22(30)31-11-10-25-20(28)14-6-2-3-7-15(14)21(25)29/h2-9,12H,10-11H2,1H3. The Morgan fingerprint density at radius 2 is 1.61 bits per heavy atom. The fourth-order valence-corrected chi connectivity index (χ4v) is 3.51. The third kappa shape index (κ3) is 3.73. The zero-order chi connectivity index (χ0) is 22.1. The van der Waals surface area contributed by atoms with E-state index in [0.717, 1.165) is 4.90 Å². The summed E-state index contributed by atoms with van der Waals surface area (Å²) in [5, 5.41) is 4.51. The molecule has 0 saturated carbocycles. The largest absolute Gasteiger partial charge is 0.459 e. The second kappa shape index (κ2) is 8.16. The van der Waals surface area contributed by atoms with Gasteiger partial charge in [0.2, 0.25) is 11.1 Å². The Morgan fingerprint density at radius 3 is 2.26 bits per heavy atom. The molecule has 1 aliphatic rings. The highest BCUT2D eigenvalue weighted by Crippen LogP contribution is 2.22. The molecule has 8 nitrogen and oxygen atoms in total. The highest BCUT2D eigenvalue weighted by molar-refractivity contribution is 6.32. The van der Waals surface area contributed by atoms with Crippen molar-refractivity contribution >= 4 is 29.4 Å². The van der Waals surface area contributed by atoms with E-state index in [1.54, 1.807) is 55.5 Å². The van der Waals surface area contributed by atoms with Crippen LogP contribution >= 0.6 is 11.6 Å². The number of ether oxygens (including phenoxy) is 1. The third-order valence-corrected chi connectivity index (χ3v) is 5.13. The van der Waals surface area contributed by atoms with Crippen molar-refractivity contribution in [1.29, 1.82) is 0 Å². The SMILES string of the molecule is Cc1cc(=O)c(C(=O)OCCN2C(=O)c3ccccc3C2=O)nn1-c1ccccc1Cl. The molecule has 2 aromatic carbocycles. The number of carbonyl (C=O) groups excluding carboxylic acids is 3. The van der Waals surface area contributed by atoms with E-state index < -0.39 is 28.9 Å². The van der Waals surface area contributed by atoms with Gasteiger partial charge in [0.15, 0.2) is 0 Å². The van der Waals surface area contributed by atoms with Crippen LogP contribution in [0.2, 0.25) is 5.02 Å². The lowest BCUT2D eigenvalue weighted by molar-refractivity contribution is 0.0412. The first-order valence-corrected chi connectivity index (χ1v) is 9.74. The zero-order valence-corrected chi connectivity index (χ0v) is 17.1. The lowest BCUT2D eigenvalue weighted by atomic mass is 10.1. The normalized spacial score (nSPS) is 12.8. The maximum atomic E-state index is 12.5. The van der Waals surface area contributed by atoms with Crippen LogP contribution in [0.25, 0.3) is 5.69 Å². The van der Waals surface area contributed by atoms with E-state index in [1.165, 1.54) is 10.7 Å². The Labute approximate surface area is 181 Å². The number of fused-ring (bicyclic) bond motifs is 1. The molecular formula is C22H16ClN3O5. The first kappa shape index (κ1) is 20.5. The molecule has 0 aliphatic carbocycles. The minimum absolute atomic E-state index is 0.136. The van der Waals surface area contributed by atoms with Crippen LogP contribution in [-0.4, -0.2) is 45.6 Å². The summed E-state index contributed by atoms with van der Waals surface area (Å²) in [6.07, 6.45) is 0. The van der Waals surface area contributed by atoms with Gasteiger partial charge in [0.05, 0.1) is 28.4 Å². The van der Waals surface area contributed by atoms with Gasteiger partial charge in [-0.25, -0.2) is 9.48 Å². The Hall–Kier alpha value is -3.78. The lowest BCUT2D eigenvalue weighted by Crippen LogP contribution is -2.34. The molecule has 2 heterocycles. The van der Waals surface area contributed by atoms with Gasteiger partial charge in [0.25, 0.3) is 11.8 Å². The highest BCUT2D eigenvalue weighted by atomic mass is 35.5. The molecule has 2 amide bonds. The van der Waals surface area contributed by atoms with E-state index in [2.05, 4.69) is 5.10 Å². The number of hydrogen-bond acceptors (Lipinski definition) is 6. The van der Waals surface area contributed by atoms with Gasteiger partial charge in [-0.1, -0.05) is 35.9 Å². The Bertz CT molecular complexity index is 1250. The molecule has 0 fully saturated rings. The Kier molecular flexibility index (Phi) is 5.39. The number of carbonyl (C=O) groups is 3. The van der Waals surface area contributed by atoms with Crippen LogP contribution in [-0.2, 0) is 4.74 Å². The lowest BCUT2D eigenvalue weighted by Gasteiger charge is -2.14. The number of amides is 2. The zero-order valence-electron chi connectivity index (χ0n) is 16.4. The van der Waals surface area contributed by atoms with Crippen molar-refractivity contribution < 1.29 is 19.1 Å². The molecule has 1 aromatic heterocycles. The fraction of sp³-hybridized carbons (Fsp3) is 0.136. The molecule has 0 unspecified atom stereocenters. The quantitative estimate of drug-likeness (QED) is 0.449. The number of nitrogens with zero attached hydrogens (tertiary/aromatic N) is 3. The molecule has 31 heavy (non-hydrogen) atoms. The van der Waals surface area contributed by atoms with Crippen LogP contribution in [0, 0.1) is 6.92 Å². The van der Waals surface area contributed by atoms with Gasteiger partial charge in [-0.2, -0.15) is 5.10 Å². The van der Waals surface area contributed by atoms with Crippen molar-refractivity contribution in [3.8, 4) is 5.69 Å².